The standard InChI is InChI=1S/C16H18ClN3O3S/c1-19-13(17)9-18-14(19)10-23-16(22)12-5-2-6-20(12)15(21)8-11-4-3-7-24-11/h3-4,7,9,12H,2,5-6,8,10H2,1H3. The number of hydrogen-bond acceptors (Lipinski definition) is 5. The van der Waals surface area contributed by atoms with Crippen LogP contribution in [0.4, 0.5) is 0 Å². The average molecular weight is 368 g/mol. The van der Waals surface area contributed by atoms with Gasteiger partial charge in [0.05, 0.1) is 12.6 Å². The second-order valence-electron chi connectivity index (χ2n) is 5.67. The molecule has 0 aliphatic carbocycles. The van der Waals surface area contributed by atoms with Crippen LogP contribution in [0.15, 0.2) is 23.7 Å². The van der Waals surface area contributed by atoms with E-state index in [-0.39, 0.29) is 18.5 Å². The van der Waals surface area contributed by atoms with Gasteiger partial charge in [0.25, 0.3) is 0 Å². The van der Waals surface area contributed by atoms with Gasteiger partial charge in [0.2, 0.25) is 5.91 Å². The Morgan fingerprint density at radius 1 is 1.50 bits per heavy atom. The molecule has 0 radical (unpaired) electrons. The van der Waals surface area contributed by atoms with Crippen molar-refractivity contribution in [2.45, 2.75) is 31.9 Å². The lowest BCUT2D eigenvalue weighted by Crippen LogP contribution is -2.42. The van der Waals surface area contributed by atoms with Crippen LogP contribution in [0, 0.1) is 0 Å². The predicted molar refractivity (Wildman–Crippen MR) is 90.8 cm³/mol. The van der Waals surface area contributed by atoms with Crippen LogP contribution in [-0.4, -0.2) is 38.9 Å². The molecule has 2 aromatic rings. The highest BCUT2D eigenvalue weighted by Crippen LogP contribution is 2.21. The number of rotatable bonds is 5. The van der Waals surface area contributed by atoms with Crippen molar-refractivity contribution < 1.29 is 14.3 Å². The third-order valence-corrected chi connectivity index (χ3v) is 5.35. The Morgan fingerprint density at radius 3 is 3.00 bits per heavy atom. The molecule has 0 saturated carbocycles. The van der Waals surface area contributed by atoms with E-state index in [1.165, 1.54) is 6.20 Å². The first-order chi connectivity index (χ1) is 11.6. The zero-order valence-corrected chi connectivity index (χ0v) is 14.8. The first-order valence-corrected chi connectivity index (χ1v) is 8.96. The molecule has 3 heterocycles. The molecule has 0 aromatic carbocycles. The SMILES string of the molecule is Cn1c(Cl)cnc1COC(=O)C1CCCN1C(=O)Cc1cccs1. The van der Waals surface area contributed by atoms with E-state index in [1.54, 1.807) is 27.9 Å². The lowest BCUT2D eigenvalue weighted by molar-refractivity contribution is -0.154. The lowest BCUT2D eigenvalue weighted by atomic mass is 10.2. The number of carbonyl (C=O) groups is 2. The summed E-state index contributed by atoms with van der Waals surface area (Å²) in [5, 5.41) is 2.42. The van der Waals surface area contributed by atoms with E-state index in [0.717, 1.165) is 11.3 Å². The van der Waals surface area contributed by atoms with Crippen LogP contribution in [0.3, 0.4) is 0 Å². The number of carbonyl (C=O) groups excluding carboxylic acids is 2. The molecular weight excluding hydrogens is 350 g/mol. The third-order valence-electron chi connectivity index (χ3n) is 4.12. The quantitative estimate of drug-likeness (QED) is 0.761. The summed E-state index contributed by atoms with van der Waals surface area (Å²) in [5.74, 6) is 0.158. The number of esters is 1. The smallest absolute Gasteiger partial charge is 0.329 e. The Labute approximate surface area is 149 Å². The van der Waals surface area contributed by atoms with Crippen LogP contribution >= 0.6 is 22.9 Å². The molecule has 6 nitrogen and oxygen atoms in total. The van der Waals surface area contributed by atoms with Gasteiger partial charge >= 0.3 is 5.97 Å². The molecule has 1 aliphatic heterocycles. The van der Waals surface area contributed by atoms with Crippen molar-refractivity contribution in [2.24, 2.45) is 7.05 Å². The molecule has 8 heteroatoms. The third kappa shape index (κ3) is 3.62. The summed E-state index contributed by atoms with van der Waals surface area (Å²) in [6.07, 6.45) is 3.29. The number of nitrogens with zero attached hydrogens (tertiary/aromatic N) is 3. The highest BCUT2D eigenvalue weighted by molar-refractivity contribution is 7.10. The van der Waals surface area contributed by atoms with Crippen LogP contribution in [0.2, 0.25) is 5.15 Å². The van der Waals surface area contributed by atoms with Crippen molar-refractivity contribution in [3.8, 4) is 0 Å². The molecule has 0 bridgehead atoms. The number of hydrogen-bond donors (Lipinski definition) is 0. The van der Waals surface area contributed by atoms with Crippen LogP contribution in [0.25, 0.3) is 0 Å². The topological polar surface area (TPSA) is 64.4 Å². The number of thiophene rings is 1. The van der Waals surface area contributed by atoms with E-state index in [4.69, 9.17) is 16.3 Å². The zero-order chi connectivity index (χ0) is 17.1. The number of imidazole rings is 1. The molecule has 1 unspecified atom stereocenters. The molecule has 1 amide bonds. The van der Waals surface area contributed by atoms with Gasteiger partial charge in [-0.15, -0.1) is 11.3 Å². The minimum atomic E-state index is -0.506. The number of amides is 1. The molecule has 24 heavy (non-hydrogen) atoms. The minimum Gasteiger partial charge on any atom is -0.456 e. The second kappa shape index (κ2) is 7.36. The first-order valence-electron chi connectivity index (χ1n) is 7.71. The molecule has 1 atom stereocenters. The minimum absolute atomic E-state index is 0.0306. The van der Waals surface area contributed by atoms with Crippen molar-refractivity contribution in [2.75, 3.05) is 6.54 Å². The van der Waals surface area contributed by atoms with Gasteiger partial charge in [0.1, 0.15) is 23.6 Å². The van der Waals surface area contributed by atoms with E-state index in [1.807, 2.05) is 17.5 Å². The van der Waals surface area contributed by atoms with E-state index < -0.39 is 6.04 Å². The Hall–Kier alpha value is -1.86. The van der Waals surface area contributed by atoms with Gasteiger partial charge in [-0.05, 0) is 24.3 Å². The number of ether oxygens (including phenoxy) is 1. The van der Waals surface area contributed by atoms with Gasteiger partial charge in [-0.2, -0.15) is 0 Å². The van der Waals surface area contributed by atoms with Gasteiger partial charge in [0, 0.05) is 18.5 Å². The highest BCUT2D eigenvalue weighted by atomic mass is 35.5. The molecule has 0 spiro atoms. The summed E-state index contributed by atoms with van der Waals surface area (Å²) in [6.45, 7) is 0.643. The summed E-state index contributed by atoms with van der Waals surface area (Å²) in [4.78, 5) is 31.5. The maximum absolute atomic E-state index is 12.5. The fraction of sp³-hybridized carbons (Fsp3) is 0.438. The predicted octanol–water partition coefficient (Wildman–Crippen LogP) is 2.41. The zero-order valence-electron chi connectivity index (χ0n) is 13.3. The van der Waals surface area contributed by atoms with Crippen molar-refractivity contribution in [1.82, 2.24) is 14.5 Å². The van der Waals surface area contributed by atoms with Gasteiger partial charge < -0.3 is 14.2 Å². The van der Waals surface area contributed by atoms with Gasteiger partial charge in [-0.3, -0.25) is 4.79 Å². The maximum atomic E-state index is 12.5. The van der Waals surface area contributed by atoms with Gasteiger partial charge in [-0.1, -0.05) is 17.7 Å². The van der Waals surface area contributed by atoms with Gasteiger partial charge in [-0.25, -0.2) is 9.78 Å². The van der Waals surface area contributed by atoms with E-state index in [0.29, 0.717) is 30.4 Å². The van der Waals surface area contributed by atoms with Crippen molar-refractivity contribution in [3.05, 3.63) is 39.6 Å². The van der Waals surface area contributed by atoms with Crippen molar-refractivity contribution >= 4 is 34.8 Å². The normalized spacial score (nSPS) is 17.2. The van der Waals surface area contributed by atoms with Crippen LogP contribution in [0.1, 0.15) is 23.5 Å². The molecule has 0 N–H and O–H groups in total. The monoisotopic (exact) mass is 367 g/mol. The fourth-order valence-corrected chi connectivity index (χ4v) is 3.61. The number of aromatic nitrogens is 2. The van der Waals surface area contributed by atoms with E-state index in [2.05, 4.69) is 4.98 Å². The Morgan fingerprint density at radius 2 is 2.33 bits per heavy atom. The maximum Gasteiger partial charge on any atom is 0.329 e. The molecule has 128 valence electrons. The average Bonchev–Trinajstić information content (AvgIpc) is 3.29. The second-order valence-corrected chi connectivity index (χ2v) is 7.08. The van der Waals surface area contributed by atoms with Crippen molar-refractivity contribution in [1.29, 1.82) is 0 Å². The molecular formula is C16H18ClN3O3S. The largest absolute Gasteiger partial charge is 0.456 e. The first kappa shape index (κ1) is 17.0. The van der Waals surface area contributed by atoms with E-state index >= 15 is 0 Å². The molecule has 2 aromatic heterocycles. The van der Waals surface area contributed by atoms with Crippen LogP contribution in [0.5, 0.6) is 0 Å². The molecule has 1 aliphatic rings. The molecule has 1 saturated heterocycles. The summed E-state index contributed by atoms with van der Waals surface area (Å²) in [6, 6.07) is 3.34. The fourth-order valence-electron chi connectivity index (χ4n) is 2.76. The van der Waals surface area contributed by atoms with Gasteiger partial charge in [0.15, 0.2) is 0 Å². The Balaban J connectivity index is 1.59. The number of likely N-dealkylation sites (tertiary alicyclic amines) is 1. The highest BCUT2D eigenvalue weighted by Gasteiger charge is 2.35. The summed E-state index contributed by atoms with van der Waals surface area (Å²) in [7, 11) is 1.75. The lowest BCUT2D eigenvalue weighted by Gasteiger charge is -2.23. The Bertz CT molecular complexity index is 729. The summed E-state index contributed by atoms with van der Waals surface area (Å²) < 4.78 is 7.01. The summed E-state index contributed by atoms with van der Waals surface area (Å²) >= 11 is 7.46. The van der Waals surface area contributed by atoms with Crippen LogP contribution < -0.4 is 0 Å². The molecule has 1 fully saturated rings. The van der Waals surface area contributed by atoms with Crippen LogP contribution in [-0.2, 0) is 34.4 Å². The Kier molecular flexibility index (Phi) is 5.20. The molecule has 3 rings (SSSR count). The summed E-state index contributed by atoms with van der Waals surface area (Å²) in [5.41, 5.74) is 0. The van der Waals surface area contributed by atoms with E-state index in [9.17, 15) is 9.59 Å². The number of halogens is 1. The van der Waals surface area contributed by atoms with Crippen molar-refractivity contribution in [3.63, 3.8) is 0 Å².